The second kappa shape index (κ2) is 9.92. The van der Waals surface area contributed by atoms with E-state index < -0.39 is 0 Å². The number of likely N-dealkylation sites (tertiary alicyclic amines) is 2. The summed E-state index contributed by atoms with van der Waals surface area (Å²) < 4.78 is 15.5. The molecule has 1 unspecified atom stereocenters. The Balaban J connectivity index is 1.57. The predicted molar refractivity (Wildman–Crippen MR) is 116 cm³/mol. The highest BCUT2D eigenvalue weighted by atomic mass is 32.2. The second-order valence-corrected chi connectivity index (χ2v) is 9.10. The lowest BCUT2D eigenvalue weighted by molar-refractivity contribution is -0.129. The van der Waals surface area contributed by atoms with Gasteiger partial charge in [0, 0.05) is 18.8 Å². The molecule has 0 radical (unpaired) electrons. The van der Waals surface area contributed by atoms with E-state index >= 15 is 0 Å². The standard InChI is InChI=1S/C22H30FN5OS/c1-17(26-12-4-2-5-13-26)21-24-25-22(28(21)19-10-8-18(23)9-11-19)30-16-20(29)27-14-6-3-7-15-27/h8-11,17H,2-7,12-16H2,1H3. The smallest absolute Gasteiger partial charge is 0.233 e. The number of rotatable bonds is 6. The number of nitrogens with zero attached hydrogens (tertiary/aromatic N) is 5. The van der Waals surface area contributed by atoms with Crippen LogP contribution in [-0.2, 0) is 4.79 Å². The molecule has 162 valence electrons. The van der Waals surface area contributed by atoms with Crippen LogP contribution in [-0.4, -0.2) is 62.4 Å². The fourth-order valence-electron chi connectivity index (χ4n) is 4.31. The molecule has 0 saturated carbocycles. The third-order valence-electron chi connectivity index (χ3n) is 6.09. The molecule has 1 amide bonds. The molecule has 2 aromatic rings. The summed E-state index contributed by atoms with van der Waals surface area (Å²) in [5.41, 5.74) is 0.827. The van der Waals surface area contributed by atoms with Crippen LogP contribution < -0.4 is 0 Å². The summed E-state index contributed by atoms with van der Waals surface area (Å²) in [4.78, 5) is 17.0. The highest BCUT2D eigenvalue weighted by Crippen LogP contribution is 2.29. The predicted octanol–water partition coefficient (Wildman–Crippen LogP) is 4.06. The number of carbonyl (C=O) groups excluding carboxylic acids is 1. The summed E-state index contributed by atoms with van der Waals surface area (Å²) in [5, 5.41) is 9.63. The number of thioether (sulfide) groups is 1. The average Bonchev–Trinajstić information content (AvgIpc) is 3.22. The van der Waals surface area contributed by atoms with Gasteiger partial charge in [-0.05, 0) is 76.4 Å². The largest absolute Gasteiger partial charge is 0.342 e. The fraction of sp³-hybridized carbons (Fsp3) is 0.591. The van der Waals surface area contributed by atoms with Gasteiger partial charge < -0.3 is 4.90 Å². The molecule has 2 saturated heterocycles. The third-order valence-corrected chi connectivity index (χ3v) is 7.00. The number of amides is 1. The van der Waals surface area contributed by atoms with Gasteiger partial charge >= 0.3 is 0 Å². The molecule has 0 spiro atoms. The molecule has 2 aliphatic heterocycles. The van der Waals surface area contributed by atoms with Gasteiger partial charge in [0.1, 0.15) is 5.82 Å². The van der Waals surface area contributed by atoms with Crippen molar-refractivity contribution in [1.29, 1.82) is 0 Å². The van der Waals surface area contributed by atoms with Crippen molar-refractivity contribution >= 4 is 17.7 Å². The van der Waals surface area contributed by atoms with Crippen LogP contribution in [0.15, 0.2) is 29.4 Å². The quantitative estimate of drug-likeness (QED) is 0.646. The van der Waals surface area contributed by atoms with Crippen LogP contribution in [0.25, 0.3) is 5.69 Å². The lowest BCUT2D eigenvalue weighted by Crippen LogP contribution is -2.36. The number of halogens is 1. The number of aromatic nitrogens is 3. The molecular formula is C22H30FN5OS. The van der Waals surface area contributed by atoms with Gasteiger partial charge in [0.25, 0.3) is 0 Å². The topological polar surface area (TPSA) is 54.3 Å². The van der Waals surface area contributed by atoms with E-state index in [0.29, 0.717) is 10.9 Å². The molecule has 30 heavy (non-hydrogen) atoms. The summed E-state index contributed by atoms with van der Waals surface area (Å²) >= 11 is 1.42. The van der Waals surface area contributed by atoms with Crippen molar-refractivity contribution < 1.29 is 9.18 Å². The Hall–Kier alpha value is -1.93. The van der Waals surface area contributed by atoms with Gasteiger partial charge in [-0.15, -0.1) is 10.2 Å². The van der Waals surface area contributed by atoms with Gasteiger partial charge in [-0.3, -0.25) is 14.3 Å². The van der Waals surface area contributed by atoms with E-state index in [1.54, 1.807) is 12.1 Å². The third kappa shape index (κ3) is 4.86. The first-order chi connectivity index (χ1) is 14.6. The molecule has 1 aromatic heterocycles. The number of carbonyl (C=O) groups is 1. The SMILES string of the molecule is CC(c1nnc(SCC(=O)N2CCCCC2)n1-c1ccc(F)cc1)N1CCCCC1. The normalized spacial score (nSPS) is 19.1. The van der Waals surface area contributed by atoms with Crippen molar-refractivity contribution in [2.75, 3.05) is 31.9 Å². The van der Waals surface area contributed by atoms with Gasteiger partial charge in [-0.1, -0.05) is 18.2 Å². The number of piperidine rings is 2. The molecule has 2 fully saturated rings. The average molecular weight is 432 g/mol. The summed E-state index contributed by atoms with van der Waals surface area (Å²) in [6.45, 7) is 5.95. The summed E-state index contributed by atoms with van der Waals surface area (Å²) in [7, 11) is 0. The highest BCUT2D eigenvalue weighted by Gasteiger charge is 2.26. The van der Waals surface area contributed by atoms with Crippen LogP contribution in [0.4, 0.5) is 4.39 Å². The number of hydrogen-bond donors (Lipinski definition) is 0. The van der Waals surface area contributed by atoms with Crippen LogP contribution in [0.5, 0.6) is 0 Å². The van der Waals surface area contributed by atoms with E-state index in [2.05, 4.69) is 22.0 Å². The molecule has 0 aliphatic carbocycles. The lowest BCUT2D eigenvalue weighted by atomic mass is 10.1. The van der Waals surface area contributed by atoms with Gasteiger partial charge in [0.15, 0.2) is 11.0 Å². The summed E-state index contributed by atoms with van der Waals surface area (Å²) in [5.74, 6) is 1.07. The molecular weight excluding hydrogens is 401 g/mol. The molecule has 8 heteroatoms. The molecule has 4 rings (SSSR count). The van der Waals surface area contributed by atoms with Gasteiger partial charge in [-0.2, -0.15) is 0 Å². The molecule has 0 N–H and O–H groups in total. The zero-order valence-corrected chi connectivity index (χ0v) is 18.4. The van der Waals surface area contributed by atoms with Gasteiger partial charge in [0.05, 0.1) is 11.8 Å². The Kier molecular flexibility index (Phi) is 7.04. The first kappa shape index (κ1) is 21.3. The highest BCUT2D eigenvalue weighted by molar-refractivity contribution is 7.99. The van der Waals surface area contributed by atoms with E-state index in [1.165, 1.54) is 49.6 Å². The summed E-state index contributed by atoms with van der Waals surface area (Å²) in [6.07, 6.45) is 7.03. The Morgan fingerprint density at radius 2 is 1.63 bits per heavy atom. The monoisotopic (exact) mass is 431 g/mol. The summed E-state index contributed by atoms with van der Waals surface area (Å²) in [6, 6.07) is 6.52. The zero-order valence-electron chi connectivity index (χ0n) is 17.6. The number of benzene rings is 1. The van der Waals surface area contributed by atoms with Crippen molar-refractivity contribution in [3.05, 3.63) is 35.9 Å². The molecule has 1 atom stereocenters. The minimum Gasteiger partial charge on any atom is -0.342 e. The Morgan fingerprint density at radius 3 is 2.30 bits per heavy atom. The van der Waals surface area contributed by atoms with Crippen LogP contribution >= 0.6 is 11.8 Å². The van der Waals surface area contributed by atoms with E-state index in [9.17, 15) is 9.18 Å². The van der Waals surface area contributed by atoms with Crippen molar-refractivity contribution in [3.8, 4) is 5.69 Å². The fourth-order valence-corrected chi connectivity index (χ4v) is 5.17. The maximum atomic E-state index is 13.5. The van der Waals surface area contributed by atoms with Crippen LogP contribution in [0.2, 0.25) is 0 Å². The van der Waals surface area contributed by atoms with Crippen LogP contribution in [0.3, 0.4) is 0 Å². The molecule has 0 bridgehead atoms. The molecule has 1 aromatic carbocycles. The maximum absolute atomic E-state index is 13.5. The van der Waals surface area contributed by atoms with E-state index in [0.717, 1.165) is 50.5 Å². The minimum atomic E-state index is -0.271. The minimum absolute atomic E-state index is 0.106. The zero-order chi connectivity index (χ0) is 20.9. The van der Waals surface area contributed by atoms with Gasteiger partial charge in [-0.25, -0.2) is 4.39 Å². The number of hydrogen-bond acceptors (Lipinski definition) is 5. The Morgan fingerprint density at radius 1 is 1.00 bits per heavy atom. The van der Waals surface area contributed by atoms with Crippen molar-refractivity contribution in [2.24, 2.45) is 0 Å². The molecule has 6 nitrogen and oxygen atoms in total. The van der Waals surface area contributed by atoms with E-state index in [1.807, 2.05) is 9.47 Å². The second-order valence-electron chi connectivity index (χ2n) is 8.16. The first-order valence-electron chi connectivity index (χ1n) is 11.0. The van der Waals surface area contributed by atoms with Crippen LogP contribution in [0.1, 0.15) is 57.3 Å². The van der Waals surface area contributed by atoms with Crippen LogP contribution in [0, 0.1) is 5.82 Å². The van der Waals surface area contributed by atoms with Crippen molar-refractivity contribution in [2.45, 2.75) is 56.6 Å². The Bertz CT molecular complexity index is 844. The Labute approximate surface area is 181 Å². The van der Waals surface area contributed by atoms with Gasteiger partial charge in [0.2, 0.25) is 5.91 Å². The maximum Gasteiger partial charge on any atom is 0.233 e. The van der Waals surface area contributed by atoms with Crippen molar-refractivity contribution in [1.82, 2.24) is 24.6 Å². The van der Waals surface area contributed by atoms with Crippen molar-refractivity contribution in [3.63, 3.8) is 0 Å². The van der Waals surface area contributed by atoms with E-state index in [4.69, 9.17) is 0 Å². The molecule has 3 heterocycles. The van der Waals surface area contributed by atoms with E-state index in [-0.39, 0.29) is 17.8 Å². The first-order valence-corrected chi connectivity index (χ1v) is 12.0. The lowest BCUT2D eigenvalue weighted by Gasteiger charge is -2.32. The molecule has 2 aliphatic rings.